The highest BCUT2D eigenvalue weighted by molar-refractivity contribution is 9.10. The van der Waals surface area contributed by atoms with Gasteiger partial charge in [0, 0.05) is 10.2 Å². The van der Waals surface area contributed by atoms with E-state index < -0.39 is 30.0 Å². The maximum absolute atomic E-state index is 12.3. The van der Waals surface area contributed by atoms with Crippen LogP contribution in [0.15, 0.2) is 40.9 Å². The summed E-state index contributed by atoms with van der Waals surface area (Å²) < 4.78 is 6.32. The number of hydrogen-bond acceptors (Lipinski definition) is 3. The van der Waals surface area contributed by atoms with E-state index in [9.17, 15) is 14.7 Å². The number of carboxylic acid groups (broad SMARTS) is 1. The van der Waals surface area contributed by atoms with E-state index >= 15 is 0 Å². The summed E-state index contributed by atoms with van der Waals surface area (Å²) in [4.78, 5) is 23.6. The first-order valence-electron chi connectivity index (χ1n) is 6.19. The van der Waals surface area contributed by atoms with Gasteiger partial charge in [-0.25, -0.2) is 0 Å². The zero-order valence-corrected chi connectivity index (χ0v) is 11.9. The third-order valence-electron chi connectivity index (χ3n) is 3.58. The summed E-state index contributed by atoms with van der Waals surface area (Å²) in [6, 6.07) is 7.16. The Morgan fingerprint density at radius 1 is 1.20 bits per heavy atom. The molecule has 1 aromatic carbocycles. The van der Waals surface area contributed by atoms with Crippen molar-refractivity contribution in [2.24, 2.45) is 11.8 Å². The van der Waals surface area contributed by atoms with Crippen LogP contribution in [0.5, 0.6) is 0 Å². The van der Waals surface area contributed by atoms with E-state index in [0.29, 0.717) is 5.69 Å². The van der Waals surface area contributed by atoms with Crippen molar-refractivity contribution in [1.29, 1.82) is 0 Å². The second kappa shape index (κ2) is 5.03. The lowest BCUT2D eigenvalue weighted by atomic mass is 9.82. The molecule has 2 N–H and O–H groups in total. The number of benzene rings is 1. The number of nitrogens with one attached hydrogen (secondary N) is 1. The lowest BCUT2D eigenvalue weighted by molar-refractivity contribution is -0.145. The molecule has 3 rings (SSSR count). The lowest BCUT2D eigenvalue weighted by Crippen LogP contribution is -2.39. The smallest absolute Gasteiger partial charge is 0.310 e. The third kappa shape index (κ3) is 2.25. The minimum atomic E-state index is -1.00. The SMILES string of the molecule is O=C(Nc1cccc(Br)c1)[C@@H]1[C@H](C(=O)O)[C@H]2C=C[C@@H]1O2. The molecule has 2 heterocycles. The Kier molecular flexibility index (Phi) is 3.35. The zero-order valence-electron chi connectivity index (χ0n) is 10.3. The molecule has 0 aromatic heterocycles. The van der Waals surface area contributed by atoms with Gasteiger partial charge in [0.05, 0.1) is 18.1 Å². The van der Waals surface area contributed by atoms with Crippen LogP contribution in [0.25, 0.3) is 0 Å². The van der Waals surface area contributed by atoms with E-state index in [1.54, 1.807) is 30.4 Å². The van der Waals surface area contributed by atoms with Crippen molar-refractivity contribution in [2.45, 2.75) is 12.2 Å². The first-order valence-corrected chi connectivity index (χ1v) is 6.98. The monoisotopic (exact) mass is 337 g/mol. The van der Waals surface area contributed by atoms with Crippen molar-refractivity contribution in [3.05, 3.63) is 40.9 Å². The number of ether oxygens (including phenoxy) is 1. The fourth-order valence-electron chi connectivity index (χ4n) is 2.71. The van der Waals surface area contributed by atoms with E-state index in [2.05, 4.69) is 21.2 Å². The van der Waals surface area contributed by atoms with Crippen molar-refractivity contribution < 1.29 is 19.4 Å². The van der Waals surface area contributed by atoms with Crippen LogP contribution in [0, 0.1) is 11.8 Å². The molecule has 1 saturated heterocycles. The second-order valence-corrected chi connectivity index (χ2v) is 5.76. The molecular weight excluding hydrogens is 326 g/mol. The topological polar surface area (TPSA) is 75.6 Å². The Labute approximate surface area is 123 Å². The molecule has 2 aliphatic heterocycles. The van der Waals surface area contributed by atoms with Crippen molar-refractivity contribution in [2.75, 3.05) is 5.32 Å². The number of rotatable bonds is 3. The number of aliphatic carboxylic acids is 1. The predicted molar refractivity (Wildman–Crippen MR) is 75.2 cm³/mol. The number of carboxylic acids is 1. The number of carbonyl (C=O) groups is 2. The van der Waals surface area contributed by atoms with Gasteiger partial charge in [-0.15, -0.1) is 0 Å². The standard InChI is InChI=1S/C14H12BrNO4/c15-7-2-1-3-8(6-7)16-13(17)11-9-4-5-10(20-9)12(11)14(18)19/h1-6,9-12H,(H,16,17)(H,18,19)/t9-,10+,11-,12+/m0/s1. The van der Waals surface area contributed by atoms with Gasteiger partial charge in [0.25, 0.3) is 0 Å². The molecule has 0 spiro atoms. The average molecular weight is 338 g/mol. The summed E-state index contributed by atoms with van der Waals surface area (Å²) in [5, 5.41) is 12.0. The van der Waals surface area contributed by atoms with Gasteiger partial charge in [0.1, 0.15) is 5.92 Å². The number of amides is 1. The van der Waals surface area contributed by atoms with E-state index in [1.165, 1.54) is 0 Å². The molecule has 1 aromatic rings. The van der Waals surface area contributed by atoms with Crippen LogP contribution in [0.2, 0.25) is 0 Å². The van der Waals surface area contributed by atoms with E-state index in [1.807, 2.05) is 6.07 Å². The number of carbonyl (C=O) groups excluding carboxylic acids is 1. The second-order valence-electron chi connectivity index (χ2n) is 4.84. The zero-order chi connectivity index (χ0) is 14.3. The molecule has 0 unspecified atom stereocenters. The molecule has 0 aliphatic carbocycles. The Morgan fingerprint density at radius 2 is 1.90 bits per heavy atom. The molecule has 1 amide bonds. The maximum Gasteiger partial charge on any atom is 0.310 e. The van der Waals surface area contributed by atoms with Crippen LogP contribution < -0.4 is 5.32 Å². The Bertz CT molecular complexity index is 601. The summed E-state index contributed by atoms with van der Waals surface area (Å²) in [7, 11) is 0. The van der Waals surface area contributed by atoms with Gasteiger partial charge >= 0.3 is 5.97 Å². The van der Waals surface area contributed by atoms with Gasteiger partial charge in [0.15, 0.2) is 0 Å². The molecule has 4 atom stereocenters. The normalized spacial score (nSPS) is 30.4. The summed E-state index contributed by atoms with van der Waals surface area (Å²) in [6.45, 7) is 0. The van der Waals surface area contributed by atoms with Gasteiger partial charge in [-0.1, -0.05) is 34.1 Å². The molecule has 0 saturated carbocycles. The summed E-state index contributed by atoms with van der Waals surface area (Å²) in [5.41, 5.74) is 0.625. The largest absolute Gasteiger partial charge is 0.481 e. The maximum atomic E-state index is 12.3. The van der Waals surface area contributed by atoms with E-state index in [0.717, 1.165) is 4.47 Å². The molecule has 0 radical (unpaired) electrons. The Hall–Kier alpha value is -1.66. The van der Waals surface area contributed by atoms with Crippen LogP contribution in [0.4, 0.5) is 5.69 Å². The van der Waals surface area contributed by atoms with E-state index in [-0.39, 0.29) is 5.91 Å². The minimum Gasteiger partial charge on any atom is -0.481 e. The summed E-state index contributed by atoms with van der Waals surface area (Å²) in [5.74, 6) is -2.85. The van der Waals surface area contributed by atoms with Crippen LogP contribution >= 0.6 is 15.9 Å². The molecule has 20 heavy (non-hydrogen) atoms. The van der Waals surface area contributed by atoms with Crippen molar-refractivity contribution in [3.63, 3.8) is 0 Å². The van der Waals surface area contributed by atoms with Crippen molar-refractivity contribution >= 4 is 33.5 Å². The van der Waals surface area contributed by atoms with Crippen LogP contribution in [0.1, 0.15) is 0 Å². The highest BCUT2D eigenvalue weighted by Gasteiger charge is 2.53. The van der Waals surface area contributed by atoms with Crippen LogP contribution in [-0.4, -0.2) is 29.2 Å². The number of hydrogen-bond donors (Lipinski definition) is 2. The van der Waals surface area contributed by atoms with E-state index in [4.69, 9.17) is 4.74 Å². The highest BCUT2D eigenvalue weighted by Crippen LogP contribution is 2.39. The third-order valence-corrected chi connectivity index (χ3v) is 4.07. The van der Waals surface area contributed by atoms with Crippen LogP contribution in [0.3, 0.4) is 0 Å². The van der Waals surface area contributed by atoms with Crippen molar-refractivity contribution in [1.82, 2.24) is 0 Å². The molecule has 2 bridgehead atoms. The molecule has 104 valence electrons. The fraction of sp³-hybridized carbons (Fsp3) is 0.286. The highest BCUT2D eigenvalue weighted by atomic mass is 79.9. The molecule has 6 heteroatoms. The number of halogens is 1. The van der Waals surface area contributed by atoms with Gasteiger partial charge in [-0.05, 0) is 18.2 Å². The van der Waals surface area contributed by atoms with Gasteiger partial charge in [0.2, 0.25) is 5.91 Å². The minimum absolute atomic E-state index is 0.327. The first-order chi connectivity index (χ1) is 9.56. The van der Waals surface area contributed by atoms with Crippen LogP contribution in [-0.2, 0) is 14.3 Å². The van der Waals surface area contributed by atoms with Crippen molar-refractivity contribution in [3.8, 4) is 0 Å². The number of fused-ring (bicyclic) bond motifs is 2. The van der Waals surface area contributed by atoms with Gasteiger partial charge < -0.3 is 15.2 Å². The average Bonchev–Trinajstić information content (AvgIpc) is 2.98. The Morgan fingerprint density at radius 3 is 2.55 bits per heavy atom. The molecule has 5 nitrogen and oxygen atoms in total. The lowest BCUT2D eigenvalue weighted by Gasteiger charge is -2.21. The quantitative estimate of drug-likeness (QED) is 0.827. The number of anilines is 1. The first kappa shape index (κ1) is 13.3. The summed E-state index contributed by atoms with van der Waals surface area (Å²) >= 11 is 3.32. The predicted octanol–water partition coefficient (Wildman–Crippen LogP) is 2.04. The summed E-state index contributed by atoms with van der Waals surface area (Å²) in [6.07, 6.45) is 2.52. The Balaban J connectivity index is 1.80. The fourth-order valence-corrected chi connectivity index (χ4v) is 3.11. The van der Waals surface area contributed by atoms with Gasteiger partial charge in [-0.3, -0.25) is 9.59 Å². The van der Waals surface area contributed by atoms with Gasteiger partial charge in [-0.2, -0.15) is 0 Å². The molecular formula is C14H12BrNO4. The molecule has 2 aliphatic rings. The molecule has 1 fully saturated rings.